The lowest BCUT2D eigenvalue weighted by Crippen LogP contribution is -2.01. The summed E-state index contributed by atoms with van der Waals surface area (Å²) in [6.07, 6.45) is 5.59. The maximum Gasteiger partial charge on any atom is 0.137 e. The molecule has 0 atom stereocenters. The number of anilines is 1. The Balaban J connectivity index is 1.41. The van der Waals surface area contributed by atoms with Crippen LogP contribution >= 0.6 is 11.3 Å². The molecule has 2 aromatic carbocycles. The van der Waals surface area contributed by atoms with Crippen molar-refractivity contribution >= 4 is 38.3 Å². The van der Waals surface area contributed by atoms with E-state index in [1.54, 1.807) is 30.5 Å². The average Bonchev–Trinajstić information content (AvgIpc) is 3.51. The number of nitrogens with one attached hydrogen (secondary N) is 2. The third-order valence-electron chi connectivity index (χ3n) is 5.98. The molecule has 0 fully saturated rings. The van der Waals surface area contributed by atoms with Gasteiger partial charge in [-0.25, -0.2) is 14.4 Å². The molecule has 0 unspecified atom stereocenters. The van der Waals surface area contributed by atoms with Crippen LogP contribution in [0.5, 0.6) is 0 Å². The molecular formula is C27H20FN5S. The lowest BCUT2D eigenvalue weighted by molar-refractivity contribution is 0.619. The number of aromatic amines is 1. The fourth-order valence-electron chi connectivity index (χ4n) is 4.18. The summed E-state index contributed by atoms with van der Waals surface area (Å²) >= 11 is 1.61. The van der Waals surface area contributed by atoms with Crippen molar-refractivity contribution in [1.29, 1.82) is 0 Å². The number of fused-ring (bicyclic) bond motifs is 2. The summed E-state index contributed by atoms with van der Waals surface area (Å²) in [7, 11) is 0. The van der Waals surface area contributed by atoms with E-state index in [1.807, 2.05) is 36.1 Å². The summed E-state index contributed by atoms with van der Waals surface area (Å²) in [5.41, 5.74) is 10.0. The number of aryl methyl sites for hydroxylation is 1. The number of aromatic nitrogens is 4. The van der Waals surface area contributed by atoms with Crippen molar-refractivity contribution in [2.75, 3.05) is 5.32 Å². The summed E-state index contributed by atoms with van der Waals surface area (Å²) in [6, 6.07) is 17.5. The molecule has 0 radical (unpaired) electrons. The standard InChI is InChI=1S/C27H20FN5S/c1-16-9-18(4-6-23(16)28)26-22(17-5-7-24-25(10-17)34-15-33-24)11-20(14-31-26)30-12-19-13-32-27-21(19)3-2-8-29-27/h2-11,13-15,30H,12H2,1H3,(H,29,32). The van der Waals surface area contributed by atoms with Gasteiger partial charge >= 0.3 is 0 Å². The van der Waals surface area contributed by atoms with Crippen LogP contribution in [0, 0.1) is 12.7 Å². The number of rotatable bonds is 5. The largest absolute Gasteiger partial charge is 0.380 e. The fourth-order valence-corrected chi connectivity index (χ4v) is 4.90. The van der Waals surface area contributed by atoms with Gasteiger partial charge in [-0.05, 0) is 72.1 Å². The number of hydrogen-bond donors (Lipinski definition) is 2. The zero-order valence-corrected chi connectivity index (χ0v) is 19.2. The van der Waals surface area contributed by atoms with Gasteiger partial charge in [-0.2, -0.15) is 0 Å². The first kappa shape index (κ1) is 20.5. The van der Waals surface area contributed by atoms with Crippen molar-refractivity contribution in [3.05, 3.63) is 95.6 Å². The highest BCUT2D eigenvalue weighted by Gasteiger charge is 2.14. The van der Waals surface area contributed by atoms with Crippen LogP contribution in [0.3, 0.4) is 0 Å². The number of nitrogens with zero attached hydrogens (tertiary/aromatic N) is 3. The predicted octanol–water partition coefficient (Wildman–Crippen LogP) is 6.96. The van der Waals surface area contributed by atoms with E-state index in [-0.39, 0.29) is 5.82 Å². The van der Waals surface area contributed by atoms with E-state index in [0.29, 0.717) is 12.1 Å². The molecule has 6 aromatic rings. The van der Waals surface area contributed by atoms with Crippen LogP contribution in [-0.2, 0) is 6.54 Å². The molecule has 166 valence electrons. The Kier molecular flexibility index (Phi) is 5.04. The zero-order valence-electron chi connectivity index (χ0n) is 18.3. The molecule has 4 heterocycles. The van der Waals surface area contributed by atoms with E-state index in [4.69, 9.17) is 4.98 Å². The molecule has 34 heavy (non-hydrogen) atoms. The third-order valence-corrected chi connectivity index (χ3v) is 6.77. The Morgan fingerprint density at radius 2 is 1.91 bits per heavy atom. The van der Waals surface area contributed by atoms with Gasteiger partial charge in [0, 0.05) is 35.5 Å². The predicted molar refractivity (Wildman–Crippen MR) is 136 cm³/mol. The molecule has 0 aliphatic rings. The quantitative estimate of drug-likeness (QED) is 0.289. The van der Waals surface area contributed by atoms with Gasteiger partial charge in [0.2, 0.25) is 0 Å². The minimum absolute atomic E-state index is 0.220. The van der Waals surface area contributed by atoms with Crippen molar-refractivity contribution in [2.45, 2.75) is 13.5 Å². The van der Waals surface area contributed by atoms with Crippen molar-refractivity contribution in [1.82, 2.24) is 19.9 Å². The molecule has 2 N–H and O–H groups in total. The molecule has 6 rings (SSSR count). The molecule has 0 bridgehead atoms. The molecule has 7 heteroatoms. The maximum absolute atomic E-state index is 13.9. The maximum atomic E-state index is 13.9. The summed E-state index contributed by atoms with van der Waals surface area (Å²) in [5, 5.41) is 4.60. The van der Waals surface area contributed by atoms with Crippen LogP contribution in [0.4, 0.5) is 10.1 Å². The second-order valence-corrected chi connectivity index (χ2v) is 9.07. The highest BCUT2D eigenvalue weighted by atomic mass is 32.1. The number of thiazole rings is 1. The molecule has 5 nitrogen and oxygen atoms in total. The molecule has 0 spiro atoms. The number of hydrogen-bond acceptors (Lipinski definition) is 5. The Bertz CT molecular complexity index is 1650. The SMILES string of the molecule is Cc1cc(-c2ncc(NCc3c[nH]c4ncccc34)cc2-c2ccc3ncsc3c2)ccc1F. The monoisotopic (exact) mass is 465 g/mol. The summed E-state index contributed by atoms with van der Waals surface area (Å²) in [5.74, 6) is -0.220. The molecule has 0 saturated carbocycles. The van der Waals surface area contributed by atoms with Gasteiger partial charge < -0.3 is 10.3 Å². The minimum Gasteiger partial charge on any atom is -0.380 e. The van der Waals surface area contributed by atoms with Crippen LogP contribution in [0.15, 0.2) is 78.7 Å². The molecule has 0 aliphatic carbocycles. The smallest absolute Gasteiger partial charge is 0.137 e. The first-order chi connectivity index (χ1) is 16.7. The van der Waals surface area contributed by atoms with E-state index in [9.17, 15) is 4.39 Å². The lowest BCUT2D eigenvalue weighted by atomic mass is 9.97. The second kappa shape index (κ2) is 8.35. The van der Waals surface area contributed by atoms with Gasteiger partial charge in [-0.15, -0.1) is 11.3 Å². The average molecular weight is 466 g/mol. The molecule has 0 saturated heterocycles. The Hall–Kier alpha value is -4.10. The number of pyridine rings is 2. The van der Waals surface area contributed by atoms with Gasteiger partial charge in [0.05, 0.1) is 33.3 Å². The van der Waals surface area contributed by atoms with E-state index in [0.717, 1.165) is 54.9 Å². The van der Waals surface area contributed by atoms with Crippen molar-refractivity contribution < 1.29 is 4.39 Å². The molecular weight excluding hydrogens is 445 g/mol. The van der Waals surface area contributed by atoms with Crippen LogP contribution in [0.1, 0.15) is 11.1 Å². The van der Waals surface area contributed by atoms with Gasteiger partial charge in [0.15, 0.2) is 0 Å². The van der Waals surface area contributed by atoms with Gasteiger partial charge in [0.1, 0.15) is 11.5 Å². The number of halogens is 1. The molecule has 0 aliphatic heterocycles. The van der Waals surface area contributed by atoms with E-state index in [2.05, 4.69) is 44.5 Å². The van der Waals surface area contributed by atoms with Crippen molar-refractivity contribution in [3.8, 4) is 22.4 Å². The first-order valence-corrected chi connectivity index (χ1v) is 11.8. The lowest BCUT2D eigenvalue weighted by Gasteiger charge is -2.14. The number of benzene rings is 2. The second-order valence-electron chi connectivity index (χ2n) is 8.19. The van der Waals surface area contributed by atoms with E-state index < -0.39 is 0 Å². The Labute approximate surface area is 199 Å². The Morgan fingerprint density at radius 3 is 2.82 bits per heavy atom. The number of H-pyrrole nitrogens is 1. The van der Waals surface area contributed by atoms with Gasteiger partial charge in [-0.1, -0.05) is 6.07 Å². The van der Waals surface area contributed by atoms with E-state index in [1.165, 1.54) is 6.07 Å². The highest BCUT2D eigenvalue weighted by Crippen LogP contribution is 2.35. The van der Waals surface area contributed by atoms with Crippen molar-refractivity contribution in [3.63, 3.8) is 0 Å². The van der Waals surface area contributed by atoms with Gasteiger partial charge in [-0.3, -0.25) is 4.98 Å². The normalized spacial score (nSPS) is 11.4. The molecule has 0 amide bonds. The minimum atomic E-state index is -0.220. The third kappa shape index (κ3) is 3.70. The van der Waals surface area contributed by atoms with Gasteiger partial charge in [0.25, 0.3) is 0 Å². The fraction of sp³-hybridized carbons (Fsp3) is 0.0741. The molecule has 4 aromatic heterocycles. The topological polar surface area (TPSA) is 66.5 Å². The zero-order chi connectivity index (χ0) is 23.1. The first-order valence-electron chi connectivity index (χ1n) is 10.9. The Morgan fingerprint density at radius 1 is 1.00 bits per heavy atom. The summed E-state index contributed by atoms with van der Waals surface area (Å²) < 4.78 is 15.1. The van der Waals surface area contributed by atoms with E-state index >= 15 is 0 Å². The summed E-state index contributed by atoms with van der Waals surface area (Å²) in [6.45, 7) is 2.41. The summed E-state index contributed by atoms with van der Waals surface area (Å²) in [4.78, 5) is 16.8. The van der Waals surface area contributed by atoms with Crippen LogP contribution < -0.4 is 5.32 Å². The van der Waals surface area contributed by atoms with Crippen LogP contribution in [0.25, 0.3) is 43.6 Å². The van der Waals surface area contributed by atoms with Crippen LogP contribution in [0.2, 0.25) is 0 Å². The van der Waals surface area contributed by atoms with Crippen LogP contribution in [-0.4, -0.2) is 19.9 Å². The highest BCUT2D eigenvalue weighted by molar-refractivity contribution is 7.16. The van der Waals surface area contributed by atoms with Crippen molar-refractivity contribution in [2.24, 2.45) is 0 Å².